The number of amides is 1. The molecule has 120 valence electrons. The summed E-state index contributed by atoms with van der Waals surface area (Å²) in [6.45, 7) is 4.22. The van der Waals surface area contributed by atoms with Gasteiger partial charge in [-0.05, 0) is 41.9 Å². The van der Waals surface area contributed by atoms with Crippen LogP contribution in [0.25, 0.3) is 0 Å². The van der Waals surface area contributed by atoms with E-state index in [9.17, 15) is 4.79 Å². The number of hydrogen-bond donors (Lipinski definition) is 2. The first-order valence-electron chi connectivity index (χ1n) is 7.37. The lowest BCUT2D eigenvalue weighted by Crippen LogP contribution is -2.34. The van der Waals surface area contributed by atoms with Gasteiger partial charge in [0.15, 0.2) is 5.11 Å². The molecule has 0 saturated carbocycles. The molecule has 0 heterocycles. The van der Waals surface area contributed by atoms with Gasteiger partial charge in [0.25, 0.3) is 5.91 Å². The summed E-state index contributed by atoms with van der Waals surface area (Å²) in [4.78, 5) is 12.3. The van der Waals surface area contributed by atoms with Crippen molar-refractivity contribution in [3.8, 4) is 5.75 Å². The molecule has 0 aliphatic heterocycles. The van der Waals surface area contributed by atoms with Gasteiger partial charge in [-0.3, -0.25) is 10.1 Å². The summed E-state index contributed by atoms with van der Waals surface area (Å²) in [5, 5.41) is 6.03. The molecule has 0 aliphatic rings. The Labute approximate surface area is 141 Å². The SMILES string of the molecule is COc1ccccc1C(=O)NC(=S)Nc1ccccc1C(C)C. The lowest BCUT2D eigenvalue weighted by molar-refractivity contribution is 0.0975. The standard InChI is InChI=1S/C18H20N2O2S/c1-12(2)13-8-4-6-10-15(13)19-18(23)20-17(21)14-9-5-7-11-16(14)22-3/h4-12H,1-3H3,(H2,19,20,21,23). The van der Waals surface area contributed by atoms with Gasteiger partial charge in [-0.15, -0.1) is 0 Å². The molecular weight excluding hydrogens is 308 g/mol. The minimum absolute atomic E-state index is 0.258. The number of carbonyl (C=O) groups excluding carboxylic acids is 1. The van der Waals surface area contributed by atoms with Gasteiger partial charge in [-0.1, -0.05) is 44.2 Å². The number of benzene rings is 2. The molecule has 4 nitrogen and oxygen atoms in total. The molecule has 2 aromatic carbocycles. The highest BCUT2D eigenvalue weighted by Crippen LogP contribution is 2.23. The van der Waals surface area contributed by atoms with Crippen LogP contribution in [0.2, 0.25) is 0 Å². The molecule has 23 heavy (non-hydrogen) atoms. The van der Waals surface area contributed by atoms with Crippen molar-refractivity contribution in [3.05, 3.63) is 59.7 Å². The second-order valence-corrected chi connectivity index (χ2v) is 5.76. The zero-order valence-electron chi connectivity index (χ0n) is 13.4. The van der Waals surface area contributed by atoms with E-state index in [1.807, 2.05) is 30.3 Å². The van der Waals surface area contributed by atoms with Crippen LogP contribution in [0.3, 0.4) is 0 Å². The molecule has 2 aromatic rings. The van der Waals surface area contributed by atoms with Crippen molar-refractivity contribution in [2.24, 2.45) is 0 Å². The van der Waals surface area contributed by atoms with E-state index in [2.05, 4.69) is 24.5 Å². The molecule has 0 unspecified atom stereocenters. The zero-order valence-corrected chi connectivity index (χ0v) is 14.2. The van der Waals surface area contributed by atoms with Crippen LogP contribution in [0.4, 0.5) is 5.69 Å². The van der Waals surface area contributed by atoms with Crippen molar-refractivity contribution < 1.29 is 9.53 Å². The van der Waals surface area contributed by atoms with Crippen molar-refractivity contribution in [1.82, 2.24) is 5.32 Å². The number of rotatable bonds is 4. The summed E-state index contributed by atoms with van der Waals surface area (Å²) >= 11 is 5.25. The second kappa shape index (κ2) is 7.74. The smallest absolute Gasteiger partial charge is 0.261 e. The van der Waals surface area contributed by atoms with Crippen LogP contribution in [-0.2, 0) is 0 Å². The summed E-state index contributed by atoms with van der Waals surface area (Å²) < 4.78 is 5.19. The minimum Gasteiger partial charge on any atom is -0.496 e. The van der Waals surface area contributed by atoms with E-state index >= 15 is 0 Å². The molecular formula is C18H20N2O2S. The van der Waals surface area contributed by atoms with Gasteiger partial charge in [-0.25, -0.2) is 0 Å². The van der Waals surface area contributed by atoms with Crippen molar-refractivity contribution >= 4 is 28.9 Å². The van der Waals surface area contributed by atoms with E-state index < -0.39 is 0 Å². The molecule has 2 N–H and O–H groups in total. The Hall–Kier alpha value is -2.40. The van der Waals surface area contributed by atoms with E-state index in [1.54, 1.807) is 18.2 Å². The predicted molar refractivity (Wildman–Crippen MR) is 97.2 cm³/mol. The fourth-order valence-electron chi connectivity index (χ4n) is 2.27. The Kier molecular flexibility index (Phi) is 5.71. The lowest BCUT2D eigenvalue weighted by Gasteiger charge is -2.16. The Bertz CT molecular complexity index is 714. The van der Waals surface area contributed by atoms with E-state index in [1.165, 1.54) is 7.11 Å². The van der Waals surface area contributed by atoms with Gasteiger partial charge in [0.2, 0.25) is 0 Å². The second-order valence-electron chi connectivity index (χ2n) is 5.35. The molecule has 0 aliphatic carbocycles. The quantitative estimate of drug-likeness (QED) is 0.835. The van der Waals surface area contributed by atoms with Gasteiger partial charge in [0, 0.05) is 5.69 Å². The number of carbonyl (C=O) groups is 1. The third-order valence-corrected chi connectivity index (χ3v) is 3.61. The van der Waals surface area contributed by atoms with Crippen LogP contribution < -0.4 is 15.4 Å². The molecule has 1 amide bonds. The summed E-state index contributed by atoms with van der Waals surface area (Å²) in [5.41, 5.74) is 2.48. The highest BCUT2D eigenvalue weighted by molar-refractivity contribution is 7.80. The van der Waals surface area contributed by atoms with E-state index in [4.69, 9.17) is 17.0 Å². The Balaban J connectivity index is 2.10. The molecule has 0 spiro atoms. The highest BCUT2D eigenvalue weighted by Gasteiger charge is 2.14. The summed E-state index contributed by atoms with van der Waals surface area (Å²) in [7, 11) is 1.53. The Morgan fingerprint density at radius 3 is 2.43 bits per heavy atom. The topological polar surface area (TPSA) is 50.4 Å². The Morgan fingerprint density at radius 2 is 1.74 bits per heavy atom. The van der Waals surface area contributed by atoms with Crippen molar-refractivity contribution in [2.75, 3.05) is 12.4 Å². The molecule has 0 atom stereocenters. The third-order valence-electron chi connectivity index (χ3n) is 3.41. The lowest BCUT2D eigenvalue weighted by atomic mass is 10.0. The van der Waals surface area contributed by atoms with E-state index in [0.29, 0.717) is 17.2 Å². The summed E-state index contributed by atoms with van der Waals surface area (Å²) in [6.07, 6.45) is 0. The van der Waals surface area contributed by atoms with E-state index in [0.717, 1.165) is 11.3 Å². The van der Waals surface area contributed by atoms with Crippen molar-refractivity contribution in [3.63, 3.8) is 0 Å². The van der Waals surface area contributed by atoms with Crippen molar-refractivity contribution in [1.29, 1.82) is 0 Å². The molecule has 0 fully saturated rings. The van der Waals surface area contributed by atoms with Crippen molar-refractivity contribution in [2.45, 2.75) is 19.8 Å². The molecule has 0 saturated heterocycles. The maximum atomic E-state index is 12.3. The first-order chi connectivity index (χ1) is 11.0. The number of nitrogens with one attached hydrogen (secondary N) is 2. The number of anilines is 1. The monoisotopic (exact) mass is 328 g/mol. The summed E-state index contributed by atoms with van der Waals surface area (Å²) in [6, 6.07) is 14.9. The maximum Gasteiger partial charge on any atom is 0.261 e. The number of methoxy groups -OCH3 is 1. The number of para-hydroxylation sites is 2. The molecule has 5 heteroatoms. The third kappa shape index (κ3) is 4.29. The fourth-order valence-corrected chi connectivity index (χ4v) is 2.47. The van der Waals surface area contributed by atoms with Crippen LogP contribution in [0.1, 0.15) is 35.7 Å². The minimum atomic E-state index is -0.304. The fraction of sp³-hybridized carbons (Fsp3) is 0.222. The first kappa shape index (κ1) is 17.0. The van der Waals surface area contributed by atoms with Gasteiger partial charge < -0.3 is 10.1 Å². The average Bonchev–Trinajstić information content (AvgIpc) is 2.54. The van der Waals surface area contributed by atoms with Gasteiger partial charge in [0.05, 0.1) is 12.7 Å². The molecule has 2 rings (SSSR count). The predicted octanol–water partition coefficient (Wildman–Crippen LogP) is 3.95. The summed E-state index contributed by atoms with van der Waals surface area (Å²) in [5.74, 6) is 0.559. The largest absolute Gasteiger partial charge is 0.496 e. The zero-order chi connectivity index (χ0) is 16.8. The maximum absolute atomic E-state index is 12.3. The van der Waals surface area contributed by atoms with Crippen LogP contribution in [-0.4, -0.2) is 18.1 Å². The van der Waals surface area contributed by atoms with Gasteiger partial charge in [-0.2, -0.15) is 0 Å². The average molecular weight is 328 g/mol. The Morgan fingerprint density at radius 1 is 1.09 bits per heavy atom. The highest BCUT2D eigenvalue weighted by atomic mass is 32.1. The van der Waals surface area contributed by atoms with Crippen LogP contribution in [0, 0.1) is 0 Å². The van der Waals surface area contributed by atoms with Gasteiger partial charge >= 0.3 is 0 Å². The van der Waals surface area contributed by atoms with Crippen LogP contribution in [0.15, 0.2) is 48.5 Å². The molecule has 0 radical (unpaired) electrons. The van der Waals surface area contributed by atoms with Crippen LogP contribution >= 0.6 is 12.2 Å². The molecule has 0 bridgehead atoms. The van der Waals surface area contributed by atoms with E-state index in [-0.39, 0.29) is 11.0 Å². The number of thiocarbonyl (C=S) groups is 1. The normalized spacial score (nSPS) is 10.3. The van der Waals surface area contributed by atoms with Gasteiger partial charge in [0.1, 0.15) is 5.75 Å². The molecule has 0 aromatic heterocycles. The van der Waals surface area contributed by atoms with Crippen LogP contribution in [0.5, 0.6) is 5.75 Å². The first-order valence-corrected chi connectivity index (χ1v) is 7.78. The number of hydrogen-bond acceptors (Lipinski definition) is 3. The number of ether oxygens (including phenoxy) is 1.